The molecule has 10 atom stereocenters. The lowest BCUT2D eigenvalue weighted by molar-refractivity contribution is -0.138. The number of carbonyl (C=O) groups is 4. The maximum absolute atomic E-state index is 14.5. The highest BCUT2D eigenvalue weighted by Gasteiger charge is 2.83. The molecule has 0 spiro atoms. The number of hydrogen-bond donors (Lipinski definition) is 5. The Kier molecular flexibility index (Phi) is 11.1. The van der Waals surface area contributed by atoms with Crippen LogP contribution in [0.15, 0.2) is 66.7 Å². The number of methoxy groups -OCH3 is 2. The summed E-state index contributed by atoms with van der Waals surface area (Å²) in [6, 6.07) is 21.6. The van der Waals surface area contributed by atoms with Gasteiger partial charge in [0.15, 0.2) is 0 Å². The van der Waals surface area contributed by atoms with Gasteiger partial charge in [-0.2, -0.15) is 0 Å². The van der Waals surface area contributed by atoms with Gasteiger partial charge in [-0.05, 0) is 127 Å². The molecule has 0 bridgehead atoms. The molecule has 6 heterocycles. The van der Waals surface area contributed by atoms with Gasteiger partial charge in [-0.25, -0.2) is 24.5 Å². The molecule has 6 aromatic rings. The lowest BCUT2D eigenvalue weighted by Gasteiger charge is -2.35. The van der Waals surface area contributed by atoms with Crippen LogP contribution in [0, 0.1) is 40.9 Å². The van der Waals surface area contributed by atoms with E-state index in [4.69, 9.17) is 33.9 Å². The minimum Gasteiger partial charge on any atom is -0.453 e. The first kappa shape index (κ1) is 44.6. The molecule has 10 unspecified atom stereocenters. The quantitative estimate of drug-likeness (QED) is 0.0858. The highest BCUT2D eigenvalue weighted by Crippen LogP contribution is 2.80. The number of hydrogen-bond acceptors (Lipinski definition) is 11. The molecular formula is C53H59N9O8. The number of H-pyrrole nitrogens is 2. The van der Waals surface area contributed by atoms with Crippen molar-refractivity contribution in [2.24, 2.45) is 40.9 Å². The fourth-order valence-corrected chi connectivity index (χ4v) is 12.6. The number of piperidine rings is 1. The van der Waals surface area contributed by atoms with E-state index in [0.717, 1.165) is 79.8 Å². The number of nitrogens with one attached hydrogen (secondary N) is 5. The molecule has 364 valence electrons. The van der Waals surface area contributed by atoms with Crippen LogP contribution in [0.25, 0.3) is 55.4 Å². The summed E-state index contributed by atoms with van der Waals surface area (Å²) < 4.78 is 20.9. The second-order valence-corrected chi connectivity index (χ2v) is 20.7. The summed E-state index contributed by atoms with van der Waals surface area (Å²) in [6.45, 7) is 6.69. The molecule has 17 heteroatoms. The third-order valence-electron chi connectivity index (χ3n) is 17.0. The largest absolute Gasteiger partial charge is 0.453 e. The van der Waals surface area contributed by atoms with Crippen LogP contribution in [0.1, 0.15) is 63.6 Å². The van der Waals surface area contributed by atoms with E-state index in [2.05, 4.69) is 94.4 Å². The van der Waals surface area contributed by atoms with E-state index in [1.54, 1.807) is 0 Å². The number of aromatic nitrogens is 5. The van der Waals surface area contributed by atoms with Gasteiger partial charge in [0.1, 0.15) is 23.7 Å². The molecule has 3 saturated carbocycles. The fraction of sp³-hybridized carbons (Fsp3) is 0.491. The molecule has 0 radical (unpaired) electrons. The average molecular weight is 950 g/mol. The summed E-state index contributed by atoms with van der Waals surface area (Å²) in [6.07, 6.45) is 3.23. The summed E-state index contributed by atoms with van der Waals surface area (Å²) in [5.74, 6) is 3.01. The van der Waals surface area contributed by atoms with Gasteiger partial charge in [-0.3, -0.25) is 9.59 Å². The van der Waals surface area contributed by atoms with Crippen molar-refractivity contribution < 1.29 is 38.1 Å². The van der Waals surface area contributed by atoms with Crippen molar-refractivity contribution in [3.63, 3.8) is 0 Å². The first-order valence-corrected chi connectivity index (χ1v) is 24.9. The second-order valence-electron chi connectivity index (χ2n) is 20.7. The van der Waals surface area contributed by atoms with Gasteiger partial charge >= 0.3 is 12.2 Å². The van der Waals surface area contributed by atoms with Crippen LogP contribution in [0.3, 0.4) is 0 Å². The number of carbonyl (C=O) groups excluding carboxylic acids is 4. The van der Waals surface area contributed by atoms with Crippen LogP contribution in [-0.4, -0.2) is 119 Å². The molecule has 17 nitrogen and oxygen atoms in total. The highest BCUT2D eigenvalue weighted by molar-refractivity contribution is 5.91. The molecule has 3 aliphatic carbocycles. The SMILES string of the molecule is COC(=O)NC(C(=O)NC1C2C(Cc3nc4ccc(-c5ccc6nc(-c7ccc8nc(C9CC%10C(C)C%10N9C(=O)C(NC(=O)OC)C9CCOCC9)[nH]c8c7)ccc6c5)cc4[nH]3)C12C)C1CCOCC1. The predicted octanol–water partition coefficient (Wildman–Crippen LogP) is 6.82. The predicted molar refractivity (Wildman–Crippen MR) is 259 cm³/mol. The topological polar surface area (TPSA) is 215 Å². The third kappa shape index (κ3) is 7.81. The first-order chi connectivity index (χ1) is 34.0. The molecule has 5 N–H and O–H groups in total. The molecule has 6 aliphatic rings. The van der Waals surface area contributed by atoms with Crippen molar-refractivity contribution in [3.05, 3.63) is 78.4 Å². The number of likely N-dealkylation sites (tertiary alicyclic amines) is 1. The Morgan fingerprint density at radius 3 is 2.06 bits per heavy atom. The lowest BCUT2D eigenvalue weighted by atomic mass is 9.90. The Bertz CT molecular complexity index is 3050. The molecule has 70 heavy (non-hydrogen) atoms. The van der Waals surface area contributed by atoms with Crippen molar-refractivity contribution in [1.82, 2.24) is 45.8 Å². The van der Waals surface area contributed by atoms with E-state index in [-0.39, 0.29) is 47.2 Å². The van der Waals surface area contributed by atoms with E-state index in [1.807, 2.05) is 17.0 Å². The van der Waals surface area contributed by atoms with Crippen molar-refractivity contribution in [2.45, 2.75) is 82.6 Å². The van der Waals surface area contributed by atoms with Crippen LogP contribution in [-0.2, 0) is 35.0 Å². The molecule has 3 saturated heterocycles. The zero-order valence-electron chi connectivity index (χ0n) is 39.8. The smallest absolute Gasteiger partial charge is 0.407 e. The van der Waals surface area contributed by atoms with Gasteiger partial charge in [0.25, 0.3) is 0 Å². The van der Waals surface area contributed by atoms with E-state index in [0.29, 0.717) is 75.8 Å². The van der Waals surface area contributed by atoms with Gasteiger partial charge in [-0.15, -0.1) is 0 Å². The van der Waals surface area contributed by atoms with Crippen LogP contribution in [0.4, 0.5) is 9.59 Å². The molecule has 6 fully saturated rings. The number of amides is 4. The Morgan fingerprint density at radius 2 is 1.36 bits per heavy atom. The lowest BCUT2D eigenvalue weighted by Crippen LogP contribution is -2.54. The Hall–Kier alpha value is -6.59. The number of alkyl carbamates (subject to hydrolysis) is 2. The monoisotopic (exact) mass is 949 g/mol. The van der Waals surface area contributed by atoms with Crippen LogP contribution >= 0.6 is 0 Å². The van der Waals surface area contributed by atoms with Crippen molar-refractivity contribution >= 4 is 57.0 Å². The number of benzene rings is 3. The van der Waals surface area contributed by atoms with Gasteiger partial charge in [0.2, 0.25) is 11.8 Å². The Balaban J connectivity index is 0.711. The second kappa shape index (κ2) is 17.4. The molecular weight excluding hydrogens is 891 g/mol. The molecule has 3 aromatic heterocycles. The number of imidazole rings is 2. The Labute approximate surface area is 404 Å². The standard InChI is InChI=1S/C53H59N9O8/c1-26-33-24-41(62(46(26)33)50(64)45(60-52(66)68-4)28-15-19-70-20-16-28)48-57-38-12-8-32(23-40(38)58-48)36-10-7-31-21-29(5-9-35(31)54-36)30-6-11-37-39(22-30)56-42(55-37)25-34-43-47(53(34,43)2)61-49(63)44(59-51(65)67-3)27-13-17-69-18-14-27/h5-12,21-23,26-28,33-34,41,43-47H,13-20,24-25H2,1-4H3,(H,55,56)(H,57,58)(H,59,65)(H,60,66)(H,61,63). The summed E-state index contributed by atoms with van der Waals surface area (Å²) >= 11 is 0. The normalized spacial score (nSPS) is 27.9. The van der Waals surface area contributed by atoms with Gasteiger partial charge in [0, 0.05) is 55.9 Å². The minimum atomic E-state index is -0.695. The van der Waals surface area contributed by atoms with Crippen molar-refractivity contribution in [2.75, 3.05) is 40.6 Å². The van der Waals surface area contributed by atoms with E-state index in [9.17, 15) is 19.2 Å². The van der Waals surface area contributed by atoms with E-state index >= 15 is 0 Å². The van der Waals surface area contributed by atoms with Crippen molar-refractivity contribution in [3.8, 4) is 22.4 Å². The van der Waals surface area contributed by atoms with E-state index in [1.165, 1.54) is 14.2 Å². The number of nitrogens with zero attached hydrogens (tertiary/aromatic N) is 4. The summed E-state index contributed by atoms with van der Waals surface area (Å²) in [4.78, 5) is 76.7. The number of ether oxygens (including phenoxy) is 4. The number of pyridine rings is 1. The zero-order valence-corrected chi connectivity index (χ0v) is 39.8. The molecule has 4 amide bonds. The summed E-state index contributed by atoms with van der Waals surface area (Å²) in [5.41, 5.74) is 8.43. The summed E-state index contributed by atoms with van der Waals surface area (Å²) in [5, 5.41) is 9.92. The number of fused-ring (bicyclic) bond motifs is 5. The van der Waals surface area contributed by atoms with Crippen LogP contribution < -0.4 is 16.0 Å². The highest BCUT2D eigenvalue weighted by atomic mass is 16.5. The van der Waals surface area contributed by atoms with Gasteiger partial charge in [0.05, 0.1) is 53.5 Å². The first-order valence-electron chi connectivity index (χ1n) is 24.9. The fourth-order valence-electron chi connectivity index (χ4n) is 12.6. The van der Waals surface area contributed by atoms with Gasteiger partial charge in [-0.1, -0.05) is 38.1 Å². The van der Waals surface area contributed by atoms with E-state index < -0.39 is 24.3 Å². The van der Waals surface area contributed by atoms with Crippen molar-refractivity contribution in [1.29, 1.82) is 0 Å². The zero-order chi connectivity index (χ0) is 48.0. The van der Waals surface area contributed by atoms with Crippen LogP contribution in [0.5, 0.6) is 0 Å². The Morgan fingerprint density at radius 1 is 0.757 bits per heavy atom. The number of aromatic amines is 2. The molecule has 3 aliphatic heterocycles. The number of rotatable bonds is 12. The molecule has 12 rings (SSSR count). The molecule has 3 aromatic carbocycles. The minimum absolute atomic E-state index is 0.00563. The van der Waals surface area contributed by atoms with Crippen LogP contribution in [0.2, 0.25) is 0 Å². The maximum atomic E-state index is 14.5. The third-order valence-corrected chi connectivity index (χ3v) is 17.0. The maximum Gasteiger partial charge on any atom is 0.407 e. The average Bonchev–Trinajstić information content (AvgIpc) is 4.09. The van der Waals surface area contributed by atoms with Gasteiger partial charge < -0.3 is 49.8 Å². The summed E-state index contributed by atoms with van der Waals surface area (Å²) in [7, 11) is 2.64.